The van der Waals surface area contributed by atoms with Gasteiger partial charge >= 0.3 is 13.7 Å². The lowest BCUT2D eigenvalue weighted by atomic mass is 9.80. The van der Waals surface area contributed by atoms with Gasteiger partial charge in [-0.3, -0.25) is 28.1 Å². The van der Waals surface area contributed by atoms with Crippen LogP contribution in [0.3, 0.4) is 0 Å². The van der Waals surface area contributed by atoms with E-state index in [-0.39, 0.29) is 49.7 Å². The molecule has 0 unspecified atom stereocenters. The summed E-state index contributed by atoms with van der Waals surface area (Å²) in [6, 6.07) is 23.2. The van der Waals surface area contributed by atoms with Crippen molar-refractivity contribution < 1.29 is 50.6 Å². The molecule has 25 heteroatoms. The largest absolute Gasteiger partial charge is 0.488 e. The average Bonchev–Trinajstić information content (AvgIpc) is 3.93. The van der Waals surface area contributed by atoms with Gasteiger partial charge < -0.3 is 24.3 Å². The third-order valence-corrected chi connectivity index (χ3v) is 11.3. The van der Waals surface area contributed by atoms with Crippen LogP contribution in [0.4, 0.5) is 26.3 Å². The predicted octanol–water partition coefficient (Wildman–Crippen LogP) is 7.33. The van der Waals surface area contributed by atoms with Crippen LogP contribution in [0, 0.1) is 6.92 Å². The minimum atomic E-state index is -3.01. The van der Waals surface area contributed by atoms with Gasteiger partial charge in [0.2, 0.25) is 11.8 Å². The van der Waals surface area contributed by atoms with Gasteiger partial charge in [0.25, 0.3) is 24.0 Å². The van der Waals surface area contributed by atoms with E-state index in [1.807, 2.05) is 44.4 Å². The number of ether oxygens (including phenoxy) is 3. The summed E-state index contributed by atoms with van der Waals surface area (Å²) in [4.78, 5) is 43.3. The Balaban J connectivity index is 0.000000168. The second-order valence-electron chi connectivity index (χ2n) is 15.9. The van der Waals surface area contributed by atoms with Crippen molar-refractivity contribution in [3.8, 4) is 40.0 Å². The van der Waals surface area contributed by atoms with Crippen molar-refractivity contribution in [2.45, 2.75) is 26.4 Å². The summed E-state index contributed by atoms with van der Waals surface area (Å²) in [6.45, 7) is -2.74. The van der Waals surface area contributed by atoms with Crippen LogP contribution in [0.1, 0.15) is 5.56 Å². The van der Waals surface area contributed by atoms with E-state index in [4.69, 9.17) is 19.5 Å². The molecule has 0 bridgehead atoms. The van der Waals surface area contributed by atoms with Gasteiger partial charge in [-0.2, -0.15) is 19.0 Å². The molecule has 374 valence electrons. The summed E-state index contributed by atoms with van der Waals surface area (Å²) in [6.07, 6.45) is 3.78. The topological polar surface area (TPSA) is 199 Å². The highest BCUT2D eigenvalue weighted by atomic mass is 79.9. The zero-order valence-electron chi connectivity index (χ0n) is 38.3. The van der Waals surface area contributed by atoms with Crippen LogP contribution in [-0.2, 0) is 14.1 Å². The van der Waals surface area contributed by atoms with Crippen LogP contribution in [0.25, 0.3) is 66.4 Å². The van der Waals surface area contributed by atoms with Crippen molar-refractivity contribution in [2.75, 3.05) is 13.2 Å². The smallest absolute Gasteiger partial charge is 0.470 e. The van der Waals surface area contributed by atoms with Gasteiger partial charge in [-0.15, -0.1) is 0 Å². The van der Waals surface area contributed by atoms with Gasteiger partial charge in [-0.25, -0.2) is 37.5 Å². The Kier molecular flexibility index (Phi) is 15.5. The van der Waals surface area contributed by atoms with Crippen molar-refractivity contribution in [2.24, 2.45) is 14.1 Å². The van der Waals surface area contributed by atoms with E-state index in [1.54, 1.807) is 65.2 Å². The van der Waals surface area contributed by atoms with Gasteiger partial charge in [-0.1, -0.05) is 42.0 Å². The Morgan fingerprint density at radius 3 is 1.62 bits per heavy atom. The molecular formula is C48H38BBrF6N10O7. The minimum Gasteiger partial charge on any atom is -0.470 e. The van der Waals surface area contributed by atoms with Crippen LogP contribution in [0.15, 0.2) is 136 Å². The fourth-order valence-electron chi connectivity index (χ4n) is 7.28. The second-order valence-corrected chi connectivity index (χ2v) is 16.7. The first-order valence-electron chi connectivity index (χ1n) is 21.6. The monoisotopic (exact) mass is 1070 g/mol. The van der Waals surface area contributed by atoms with E-state index in [1.165, 1.54) is 52.0 Å². The summed E-state index contributed by atoms with van der Waals surface area (Å²) in [5.74, 6) is -0.351. The average molecular weight is 1070 g/mol. The summed E-state index contributed by atoms with van der Waals surface area (Å²) in [5.41, 5.74) is 4.99. The first-order valence-corrected chi connectivity index (χ1v) is 22.4. The molecule has 10 rings (SSSR count). The molecule has 0 spiro atoms. The summed E-state index contributed by atoms with van der Waals surface area (Å²) in [5, 5.41) is 27.7. The number of pyridine rings is 2. The van der Waals surface area contributed by atoms with E-state index in [2.05, 4.69) is 50.8 Å². The highest BCUT2D eigenvalue weighted by molar-refractivity contribution is 9.10. The molecule has 10 aromatic rings. The molecule has 17 nitrogen and oxygen atoms in total. The van der Waals surface area contributed by atoms with Crippen molar-refractivity contribution in [1.29, 1.82) is 0 Å². The number of alkyl halides is 6. The summed E-state index contributed by atoms with van der Waals surface area (Å²) in [7, 11) is 2.26. The minimum absolute atomic E-state index is 0.0718. The highest BCUT2D eigenvalue weighted by Gasteiger charge is 2.19. The second kappa shape index (κ2) is 22.1. The van der Waals surface area contributed by atoms with Crippen LogP contribution >= 0.6 is 15.9 Å². The third-order valence-electron chi connectivity index (χ3n) is 10.6. The summed E-state index contributed by atoms with van der Waals surface area (Å²) < 4.78 is 95.6. The van der Waals surface area contributed by atoms with E-state index >= 15 is 0 Å². The van der Waals surface area contributed by atoms with Gasteiger partial charge in [0.05, 0.1) is 29.0 Å². The number of aromatic nitrogens is 10. The number of hydrogen-bond acceptors (Lipinski definition) is 13. The molecule has 0 atom stereocenters. The fraction of sp³-hybridized carbons (Fsp3) is 0.167. The predicted molar refractivity (Wildman–Crippen MR) is 263 cm³/mol. The van der Waals surface area contributed by atoms with Gasteiger partial charge in [-0.05, 0) is 82.4 Å². The molecule has 0 aliphatic heterocycles. The molecule has 0 aliphatic rings. The van der Waals surface area contributed by atoms with Crippen LogP contribution < -0.4 is 30.8 Å². The zero-order chi connectivity index (χ0) is 52.1. The quantitative estimate of drug-likeness (QED) is 0.0912. The lowest BCUT2D eigenvalue weighted by Gasteiger charge is -2.13. The van der Waals surface area contributed by atoms with Gasteiger partial charge in [0.15, 0.2) is 13.2 Å². The van der Waals surface area contributed by atoms with Gasteiger partial charge in [0, 0.05) is 61.0 Å². The Hall–Kier alpha value is -8.16. The molecule has 0 fully saturated rings. The molecule has 73 heavy (non-hydrogen) atoms. The van der Waals surface area contributed by atoms with E-state index < -0.39 is 45.4 Å². The zero-order valence-corrected chi connectivity index (χ0v) is 39.9. The number of nitrogens with zero attached hydrogens (tertiary/aromatic N) is 10. The van der Waals surface area contributed by atoms with Crippen molar-refractivity contribution in [3.05, 3.63) is 153 Å². The molecule has 0 aliphatic carbocycles. The lowest BCUT2D eigenvalue weighted by molar-refractivity contribution is -0.0498. The first kappa shape index (κ1) is 51.2. The maximum absolute atomic E-state index is 13.7. The molecule has 4 aromatic carbocycles. The number of hydrogen-bond donors (Lipinski definition) is 2. The van der Waals surface area contributed by atoms with E-state index in [0.717, 1.165) is 27.4 Å². The van der Waals surface area contributed by atoms with Crippen molar-refractivity contribution in [3.63, 3.8) is 0 Å². The Morgan fingerprint density at radius 1 is 0.630 bits per heavy atom. The summed E-state index contributed by atoms with van der Waals surface area (Å²) >= 11 is 3.24. The van der Waals surface area contributed by atoms with E-state index in [9.17, 15) is 35.9 Å². The van der Waals surface area contributed by atoms with Crippen molar-refractivity contribution >= 4 is 72.4 Å². The van der Waals surface area contributed by atoms with Gasteiger partial charge in [0.1, 0.15) is 32.3 Å². The fourth-order valence-corrected chi connectivity index (χ4v) is 7.77. The van der Waals surface area contributed by atoms with Crippen molar-refractivity contribution in [1.82, 2.24) is 48.6 Å². The first-order chi connectivity index (χ1) is 34.9. The SMILES string of the molecule is Cc1ccc(B(O)O)cc1.Cn1cc2cc(-n3cc4ncc(OCC(F)F)nc4c(-c4ccc(OC(F)F)cc4)c3=O)ccc2n1.Cn1cc2cc(-n3cc4ncc(OCC(F)F)nc4c(Br)c3=O)ccc2n1. The molecule has 0 radical (unpaired) electrons. The Labute approximate surface area is 416 Å². The number of halogens is 7. The standard InChI is InChI=1S/C24H17F4N5O3.C17H12BrF2N5O2.C7H9BO2/c1-32-10-14-8-15(4-7-17(14)31-32)33-11-18-22(30-20(9-29-18)35-12-19(25)26)21(23(33)34)13-2-5-16(6-3-13)36-24(27)28;1-24-6-9-4-10(2-3-11(9)23-24)25-7-12-16(15(18)17(25)26)22-14(5-21-12)27-8-13(19)20;1-6-2-4-7(5-3-6)8(9)10/h2-11,19,24H,12H2,1H3;2-7,13H,8H2,1H3;2-5,9-10H,1H3. The maximum atomic E-state index is 13.7. The molecule has 0 saturated heterocycles. The normalized spacial score (nSPS) is 11.3. The molecule has 6 heterocycles. The molecule has 2 N–H and O–H groups in total. The number of aryl methyl sites for hydroxylation is 3. The maximum Gasteiger partial charge on any atom is 0.488 e. The number of benzene rings is 4. The molecular weight excluding hydrogens is 1030 g/mol. The Morgan fingerprint density at radius 2 is 1.12 bits per heavy atom. The highest BCUT2D eigenvalue weighted by Crippen LogP contribution is 2.29. The lowest BCUT2D eigenvalue weighted by Crippen LogP contribution is -2.29. The Bertz CT molecular complexity index is 3710. The van der Waals surface area contributed by atoms with E-state index in [0.29, 0.717) is 27.9 Å². The number of rotatable bonds is 12. The van der Waals surface area contributed by atoms with Crippen LogP contribution in [0.2, 0.25) is 0 Å². The van der Waals surface area contributed by atoms with Crippen LogP contribution in [-0.4, -0.2) is 98.5 Å². The molecule has 0 amide bonds. The van der Waals surface area contributed by atoms with Crippen LogP contribution in [0.5, 0.6) is 17.5 Å². The third kappa shape index (κ3) is 12.1. The molecule has 0 saturated carbocycles. The number of fused-ring (bicyclic) bond motifs is 4. The molecule has 6 aromatic heterocycles.